The molecule has 3 aromatic heterocycles. The van der Waals surface area contributed by atoms with Crippen molar-refractivity contribution in [2.24, 2.45) is 7.05 Å². The lowest BCUT2D eigenvalue weighted by Crippen LogP contribution is -1.99. The minimum atomic E-state index is 0.398. The molecule has 2 aromatic carbocycles. The highest BCUT2D eigenvalue weighted by Gasteiger charge is 2.13. The van der Waals surface area contributed by atoms with Gasteiger partial charge in [-0.05, 0) is 66.2 Å². The number of hydrogen-bond donors (Lipinski definition) is 0. The van der Waals surface area contributed by atoms with Crippen molar-refractivity contribution in [3.05, 3.63) is 91.0 Å². The fraction of sp³-hybridized carbons (Fsp3) is 0.115. The van der Waals surface area contributed by atoms with Crippen LogP contribution in [0.5, 0.6) is 11.5 Å². The molecule has 0 bridgehead atoms. The molecule has 0 unspecified atom stereocenters. The van der Waals surface area contributed by atoms with Crippen LogP contribution in [0.3, 0.4) is 0 Å². The number of nitrogens with zero attached hydrogens (tertiary/aromatic N) is 4. The maximum atomic E-state index is 5.99. The molecule has 158 valence electrons. The number of aryl methyl sites for hydroxylation is 1. The molecule has 0 fully saturated rings. The van der Waals surface area contributed by atoms with Crippen molar-refractivity contribution in [3.63, 3.8) is 0 Å². The molecule has 5 rings (SSSR count). The van der Waals surface area contributed by atoms with Crippen LogP contribution in [0.15, 0.2) is 85.3 Å². The zero-order valence-electron chi connectivity index (χ0n) is 17.9. The van der Waals surface area contributed by atoms with Crippen molar-refractivity contribution in [2.45, 2.75) is 6.61 Å². The molecule has 3 heterocycles. The second kappa shape index (κ2) is 8.51. The van der Waals surface area contributed by atoms with Gasteiger partial charge in [-0.2, -0.15) is 5.10 Å². The van der Waals surface area contributed by atoms with E-state index >= 15 is 0 Å². The fourth-order valence-electron chi connectivity index (χ4n) is 3.74. The lowest BCUT2D eigenvalue weighted by Gasteiger charge is -2.10. The largest absolute Gasteiger partial charge is 0.497 e. The van der Waals surface area contributed by atoms with Gasteiger partial charge in [-0.1, -0.05) is 6.07 Å². The Bertz CT molecular complexity index is 1360. The van der Waals surface area contributed by atoms with Crippen molar-refractivity contribution in [2.75, 3.05) is 7.11 Å². The Morgan fingerprint density at radius 2 is 1.62 bits per heavy atom. The highest BCUT2D eigenvalue weighted by Crippen LogP contribution is 2.32. The third-order valence-corrected chi connectivity index (χ3v) is 5.40. The lowest BCUT2D eigenvalue weighted by atomic mass is 10.0. The maximum absolute atomic E-state index is 5.99. The topological polar surface area (TPSA) is 62.1 Å². The number of hydrogen-bond acceptors (Lipinski definition) is 5. The van der Waals surface area contributed by atoms with Gasteiger partial charge in [0.15, 0.2) is 0 Å². The number of ether oxygens (including phenoxy) is 2. The standard InChI is InChI=1S/C26H22N4O2/c1-30-26(24(16-28-30)18-11-13-27-14-12-18)19-4-7-22(8-5-19)32-17-21-6-3-20-15-23(31-2)9-10-25(20)29-21/h3-16H,17H2,1-2H3. The number of pyridine rings is 2. The van der Waals surface area contributed by atoms with E-state index in [1.165, 1.54) is 0 Å². The molecule has 0 spiro atoms. The molecular formula is C26H22N4O2. The van der Waals surface area contributed by atoms with E-state index in [1.54, 1.807) is 19.5 Å². The third kappa shape index (κ3) is 3.90. The molecule has 0 saturated heterocycles. The average molecular weight is 422 g/mol. The van der Waals surface area contributed by atoms with E-state index in [4.69, 9.17) is 9.47 Å². The van der Waals surface area contributed by atoms with Gasteiger partial charge in [0.1, 0.15) is 18.1 Å². The van der Waals surface area contributed by atoms with Gasteiger partial charge in [0.05, 0.1) is 30.2 Å². The van der Waals surface area contributed by atoms with Crippen molar-refractivity contribution in [1.82, 2.24) is 19.7 Å². The Hall–Kier alpha value is -4.19. The quantitative estimate of drug-likeness (QED) is 0.372. The van der Waals surface area contributed by atoms with Crippen molar-refractivity contribution in [1.29, 1.82) is 0 Å². The third-order valence-electron chi connectivity index (χ3n) is 5.40. The molecule has 0 N–H and O–H groups in total. The first-order chi connectivity index (χ1) is 15.7. The van der Waals surface area contributed by atoms with Crippen LogP contribution in [-0.4, -0.2) is 26.9 Å². The van der Waals surface area contributed by atoms with E-state index in [0.29, 0.717) is 6.61 Å². The number of aromatic nitrogens is 4. The Balaban J connectivity index is 1.33. The van der Waals surface area contributed by atoms with Crippen LogP contribution in [0.2, 0.25) is 0 Å². The number of rotatable bonds is 6. The van der Waals surface area contributed by atoms with Crippen LogP contribution in [0.25, 0.3) is 33.3 Å². The molecule has 0 aliphatic heterocycles. The first-order valence-corrected chi connectivity index (χ1v) is 10.3. The molecule has 0 atom stereocenters. The smallest absolute Gasteiger partial charge is 0.130 e. The van der Waals surface area contributed by atoms with Crippen LogP contribution in [0, 0.1) is 0 Å². The molecule has 0 aliphatic rings. The van der Waals surface area contributed by atoms with Gasteiger partial charge in [0.2, 0.25) is 0 Å². The predicted octanol–water partition coefficient (Wildman–Crippen LogP) is 5.28. The van der Waals surface area contributed by atoms with Gasteiger partial charge in [-0.25, -0.2) is 4.98 Å². The second-order valence-corrected chi connectivity index (χ2v) is 7.44. The summed E-state index contributed by atoms with van der Waals surface area (Å²) in [6.45, 7) is 0.398. The molecule has 0 radical (unpaired) electrons. The van der Waals surface area contributed by atoms with Crippen molar-refractivity contribution >= 4 is 10.9 Å². The van der Waals surface area contributed by atoms with Crippen molar-refractivity contribution < 1.29 is 9.47 Å². The average Bonchev–Trinajstić information content (AvgIpc) is 3.24. The lowest BCUT2D eigenvalue weighted by molar-refractivity contribution is 0.302. The summed E-state index contributed by atoms with van der Waals surface area (Å²) >= 11 is 0. The van der Waals surface area contributed by atoms with E-state index in [0.717, 1.165) is 50.5 Å². The van der Waals surface area contributed by atoms with Crippen molar-refractivity contribution in [3.8, 4) is 33.9 Å². The van der Waals surface area contributed by atoms with Gasteiger partial charge in [-0.15, -0.1) is 0 Å². The van der Waals surface area contributed by atoms with Crippen LogP contribution in [0.4, 0.5) is 0 Å². The number of fused-ring (bicyclic) bond motifs is 1. The minimum absolute atomic E-state index is 0.398. The number of benzene rings is 2. The molecule has 0 amide bonds. The zero-order chi connectivity index (χ0) is 21.9. The normalized spacial score (nSPS) is 10.9. The van der Waals surface area contributed by atoms with Gasteiger partial charge >= 0.3 is 0 Å². The van der Waals surface area contributed by atoms with Gasteiger partial charge < -0.3 is 9.47 Å². The Kier molecular flexibility index (Phi) is 5.25. The van der Waals surface area contributed by atoms with Crippen LogP contribution in [0.1, 0.15) is 5.69 Å². The number of methoxy groups -OCH3 is 1. The first-order valence-electron chi connectivity index (χ1n) is 10.3. The summed E-state index contributed by atoms with van der Waals surface area (Å²) in [5, 5.41) is 5.49. The molecule has 0 aliphatic carbocycles. The summed E-state index contributed by atoms with van der Waals surface area (Å²) in [4.78, 5) is 8.79. The van der Waals surface area contributed by atoms with Gasteiger partial charge in [-0.3, -0.25) is 9.67 Å². The van der Waals surface area contributed by atoms with E-state index in [-0.39, 0.29) is 0 Å². The highest BCUT2D eigenvalue weighted by molar-refractivity contribution is 5.81. The Labute approximate surface area is 186 Å². The monoisotopic (exact) mass is 422 g/mol. The van der Waals surface area contributed by atoms with Crippen LogP contribution in [-0.2, 0) is 13.7 Å². The minimum Gasteiger partial charge on any atom is -0.497 e. The Morgan fingerprint density at radius 3 is 2.41 bits per heavy atom. The molecule has 6 heteroatoms. The fourth-order valence-corrected chi connectivity index (χ4v) is 3.74. The Morgan fingerprint density at radius 1 is 0.844 bits per heavy atom. The first kappa shape index (κ1) is 19.8. The van der Waals surface area contributed by atoms with E-state index in [9.17, 15) is 0 Å². The van der Waals surface area contributed by atoms with Gasteiger partial charge in [0.25, 0.3) is 0 Å². The summed E-state index contributed by atoms with van der Waals surface area (Å²) < 4.78 is 13.1. The van der Waals surface area contributed by atoms with E-state index < -0.39 is 0 Å². The SMILES string of the molecule is COc1ccc2nc(COc3ccc(-c4c(-c5ccncc5)cnn4C)cc3)ccc2c1. The summed E-state index contributed by atoms with van der Waals surface area (Å²) in [6.07, 6.45) is 5.47. The highest BCUT2D eigenvalue weighted by atomic mass is 16.5. The summed E-state index contributed by atoms with van der Waals surface area (Å²) in [7, 11) is 3.61. The van der Waals surface area contributed by atoms with Crippen LogP contribution < -0.4 is 9.47 Å². The second-order valence-electron chi connectivity index (χ2n) is 7.44. The summed E-state index contributed by atoms with van der Waals surface area (Å²) in [5.41, 5.74) is 6.07. The predicted molar refractivity (Wildman–Crippen MR) is 125 cm³/mol. The van der Waals surface area contributed by atoms with E-state index in [2.05, 4.69) is 27.2 Å². The zero-order valence-corrected chi connectivity index (χ0v) is 17.9. The van der Waals surface area contributed by atoms with Crippen LogP contribution >= 0.6 is 0 Å². The molecule has 0 saturated carbocycles. The van der Waals surface area contributed by atoms with E-state index in [1.807, 2.05) is 72.5 Å². The summed E-state index contributed by atoms with van der Waals surface area (Å²) in [6, 6.07) is 21.9. The molecular weight excluding hydrogens is 400 g/mol. The molecule has 32 heavy (non-hydrogen) atoms. The summed E-state index contributed by atoms with van der Waals surface area (Å²) in [5.74, 6) is 1.61. The molecule has 5 aromatic rings. The van der Waals surface area contributed by atoms with Gasteiger partial charge in [0, 0.05) is 36.0 Å². The molecule has 6 nitrogen and oxygen atoms in total. The maximum Gasteiger partial charge on any atom is 0.130 e.